The Morgan fingerprint density at radius 3 is 2.84 bits per heavy atom. The van der Waals surface area contributed by atoms with Crippen LogP contribution in [-0.2, 0) is 4.79 Å². The van der Waals surface area contributed by atoms with Crippen LogP contribution in [0.4, 0.5) is 4.39 Å². The van der Waals surface area contributed by atoms with E-state index in [1.54, 1.807) is 12.1 Å². The van der Waals surface area contributed by atoms with Crippen LogP contribution in [0.15, 0.2) is 41.3 Å². The molecule has 0 spiro atoms. The van der Waals surface area contributed by atoms with Crippen LogP contribution in [0.5, 0.6) is 0 Å². The van der Waals surface area contributed by atoms with Gasteiger partial charge in [-0.2, -0.15) is 0 Å². The Morgan fingerprint density at radius 2 is 2.11 bits per heavy atom. The molecule has 0 aromatic heterocycles. The molecule has 0 saturated carbocycles. The highest BCUT2D eigenvalue weighted by Crippen LogP contribution is 2.32. The van der Waals surface area contributed by atoms with Crippen molar-refractivity contribution in [1.29, 1.82) is 0 Å². The Hall–Kier alpha value is -1.29. The Labute approximate surface area is 116 Å². The van der Waals surface area contributed by atoms with Crippen molar-refractivity contribution in [3.8, 4) is 0 Å². The summed E-state index contributed by atoms with van der Waals surface area (Å²) in [7, 11) is 0. The highest BCUT2D eigenvalue weighted by molar-refractivity contribution is 8.00. The lowest BCUT2D eigenvalue weighted by Crippen LogP contribution is -2.43. The Balaban J connectivity index is 1.60. The van der Waals surface area contributed by atoms with Crippen LogP contribution < -0.4 is 0 Å². The van der Waals surface area contributed by atoms with Crippen LogP contribution in [0.25, 0.3) is 0 Å². The van der Waals surface area contributed by atoms with Crippen LogP contribution >= 0.6 is 11.8 Å². The average molecular weight is 277 g/mol. The van der Waals surface area contributed by atoms with E-state index in [0.29, 0.717) is 17.8 Å². The summed E-state index contributed by atoms with van der Waals surface area (Å²) in [6.07, 6.45) is 7.55. The molecule has 0 N–H and O–H groups in total. The van der Waals surface area contributed by atoms with Gasteiger partial charge in [-0.3, -0.25) is 4.79 Å². The number of carbonyl (C=O) groups excluding carboxylic acids is 1. The monoisotopic (exact) mass is 277 g/mol. The fourth-order valence-corrected chi connectivity index (χ4v) is 3.63. The summed E-state index contributed by atoms with van der Waals surface area (Å²) in [5.74, 6) is 0.396. The Bertz CT molecular complexity index is 499. The van der Waals surface area contributed by atoms with E-state index in [4.69, 9.17) is 0 Å². The van der Waals surface area contributed by atoms with E-state index in [-0.39, 0.29) is 11.7 Å². The quantitative estimate of drug-likeness (QED) is 0.624. The second kappa shape index (κ2) is 5.37. The maximum Gasteiger partial charge on any atom is 0.233 e. The zero-order valence-corrected chi connectivity index (χ0v) is 11.4. The first-order valence-electron chi connectivity index (χ1n) is 6.60. The Morgan fingerprint density at radius 1 is 1.32 bits per heavy atom. The number of hydrogen-bond acceptors (Lipinski definition) is 2. The number of carbonyl (C=O) groups is 1. The van der Waals surface area contributed by atoms with E-state index in [0.717, 1.165) is 24.2 Å². The van der Waals surface area contributed by atoms with Gasteiger partial charge in [0.2, 0.25) is 5.91 Å². The van der Waals surface area contributed by atoms with Crippen LogP contribution in [-0.4, -0.2) is 28.6 Å². The van der Waals surface area contributed by atoms with Crippen molar-refractivity contribution in [1.82, 2.24) is 4.90 Å². The van der Waals surface area contributed by atoms with E-state index in [1.165, 1.54) is 23.9 Å². The first-order valence-corrected chi connectivity index (χ1v) is 7.59. The van der Waals surface area contributed by atoms with Crippen LogP contribution in [0.1, 0.15) is 19.3 Å². The zero-order valence-electron chi connectivity index (χ0n) is 10.6. The molecule has 3 rings (SSSR count). The molecule has 1 fully saturated rings. The molecule has 1 amide bonds. The van der Waals surface area contributed by atoms with Gasteiger partial charge in [0.25, 0.3) is 0 Å². The molecular weight excluding hydrogens is 261 g/mol. The van der Waals surface area contributed by atoms with Crippen molar-refractivity contribution < 1.29 is 9.18 Å². The van der Waals surface area contributed by atoms with Crippen molar-refractivity contribution in [3.63, 3.8) is 0 Å². The molecule has 2 bridgehead atoms. The van der Waals surface area contributed by atoms with Gasteiger partial charge in [0.05, 0.1) is 11.8 Å². The maximum atomic E-state index is 12.8. The Kier molecular flexibility index (Phi) is 3.60. The topological polar surface area (TPSA) is 20.3 Å². The summed E-state index contributed by atoms with van der Waals surface area (Å²) in [4.78, 5) is 15.3. The normalized spacial score (nSPS) is 24.8. The molecule has 2 nitrogen and oxygen atoms in total. The molecule has 19 heavy (non-hydrogen) atoms. The average Bonchev–Trinajstić information content (AvgIpc) is 2.67. The molecule has 1 saturated heterocycles. The lowest BCUT2D eigenvalue weighted by molar-refractivity contribution is -0.130. The highest BCUT2D eigenvalue weighted by atomic mass is 32.2. The number of nitrogens with zero attached hydrogens (tertiary/aromatic N) is 1. The summed E-state index contributed by atoms with van der Waals surface area (Å²) in [5.41, 5.74) is 0. The minimum absolute atomic E-state index is 0.200. The van der Waals surface area contributed by atoms with E-state index in [1.807, 2.05) is 4.90 Å². The summed E-state index contributed by atoms with van der Waals surface area (Å²) in [6.45, 7) is 0. The molecular formula is C15H16FNOS. The van der Waals surface area contributed by atoms with E-state index >= 15 is 0 Å². The van der Waals surface area contributed by atoms with E-state index < -0.39 is 0 Å². The van der Waals surface area contributed by atoms with Gasteiger partial charge >= 0.3 is 0 Å². The van der Waals surface area contributed by atoms with Crippen molar-refractivity contribution in [2.45, 2.75) is 36.2 Å². The molecule has 0 radical (unpaired) electrons. The first kappa shape index (κ1) is 12.7. The third-order valence-electron chi connectivity index (χ3n) is 3.78. The fraction of sp³-hybridized carbons (Fsp3) is 0.400. The van der Waals surface area contributed by atoms with Gasteiger partial charge < -0.3 is 4.90 Å². The molecule has 1 aromatic rings. The summed E-state index contributed by atoms with van der Waals surface area (Å²) in [6, 6.07) is 7.01. The van der Waals surface area contributed by atoms with Gasteiger partial charge in [-0.25, -0.2) is 4.39 Å². The lowest BCUT2D eigenvalue weighted by Gasteiger charge is -2.31. The smallest absolute Gasteiger partial charge is 0.233 e. The van der Waals surface area contributed by atoms with Gasteiger partial charge in [-0.05, 0) is 43.5 Å². The summed E-state index contributed by atoms with van der Waals surface area (Å²) >= 11 is 1.48. The van der Waals surface area contributed by atoms with Crippen LogP contribution in [0.2, 0.25) is 0 Å². The minimum atomic E-state index is -0.241. The second-order valence-electron chi connectivity index (χ2n) is 5.01. The first-order chi connectivity index (χ1) is 9.24. The number of amides is 1. The van der Waals surface area contributed by atoms with Crippen molar-refractivity contribution in [2.75, 3.05) is 5.75 Å². The minimum Gasteiger partial charge on any atom is -0.332 e. The van der Waals surface area contributed by atoms with Gasteiger partial charge in [0, 0.05) is 10.9 Å². The largest absolute Gasteiger partial charge is 0.332 e. The maximum absolute atomic E-state index is 12.8. The number of thioether (sulfide) groups is 1. The fourth-order valence-electron chi connectivity index (χ4n) is 2.86. The van der Waals surface area contributed by atoms with E-state index in [2.05, 4.69) is 12.2 Å². The highest BCUT2D eigenvalue weighted by Gasteiger charge is 2.36. The SMILES string of the molecule is O=C(CSc1ccc(F)cc1)N1C2C=CCC1CC2. The van der Waals surface area contributed by atoms with Crippen molar-refractivity contribution in [3.05, 3.63) is 42.2 Å². The molecule has 2 unspecified atom stereocenters. The van der Waals surface area contributed by atoms with Gasteiger partial charge in [-0.15, -0.1) is 11.8 Å². The van der Waals surface area contributed by atoms with Crippen molar-refractivity contribution in [2.24, 2.45) is 0 Å². The molecule has 2 atom stereocenters. The van der Waals surface area contributed by atoms with Crippen molar-refractivity contribution >= 4 is 17.7 Å². The molecule has 2 aliphatic rings. The van der Waals surface area contributed by atoms with Crippen LogP contribution in [0, 0.1) is 5.82 Å². The molecule has 1 aromatic carbocycles. The standard InChI is InChI=1S/C15H16FNOS/c16-11-4-8-14(9-5-11)19-10-15(18)17-12-2-1-3-13(17)7-6-12/h1-2,4-5,8-9,12-13H,3,6-7,10H2. The van der Waals surface area contributed by atoms with Gasteiger partial charge in [-0.1, -0.05) is 12.2 Å². The lowest BCUT2D eigenvalue weighted by atomic mass is 10.1. The molecule has 2 aliphatic heterocycles. The number of hydrogen-bond donors (Lipinski definition) is 0. The number of rotatable bonds is 3. The molecule has 4 heteroatoms. The molecule has 2 heterocycles. The van der Waals surface area contributed by atoms with Crippen LogP contribution in [0.3, 0.4) is 0 Å². The number of fused-ring (bicyclic) bond motifs is 2. The molecule has 0 aliphatic carbocycles. The second-order valence-corrected chi connectivity index (χ2v) is 6.05. The third-order valence-corrected chi connectivity index (χ3v) is 4.77. The summed E-state index contributed by atoms with van der Waals surface area (Å²) < 4.78 is 12.8. The number of benzene rings is 1. The van der Waals surface area contributed by atoms with Gasteiger partial charge in [0.15, 0.2) is 0 Å². The third kappa shape index (κ3) is 2.68. The molecule has 100 valence electrons. The summed E-state index contributed by atoms with van der Waals surface area (Å²) in [5, 5.41) is 0. The zero-order chi connectivity index (χ0) is 13.2. The van der Waals surface area contributed by atoms with Gasteiger partial charge in [0.1, 0.15) is 5.82 Å². The van der Waals surface area contributed by atoms with E-state index in [9.17, 15) is 9.18 Å². The predicted octanol–water partition coefficient (Wildman–Crippen LogP) is 3.24. The predicted molar refractivity (Wildman–Crippen MR) is 74.5 cm³/mol. The number of halogens is 1.